The molecule has 0 aromatic carbocycles. The molecule has 0 spiro atoms. The number of fused-ring (bicyclic) bond motifs is 1. The number of allylic oxidation sites excluding steroid dienone is 1. The molecule has 0 bridgehead atoms. The highest BCUT2D eigenvalue weighted by Crippen LogP contribution is 2.58. The third-order valence-electron chi connectivity index (χ3n) is 6.53. The SMILES string of the molecule is CC1CCCC2(C)C(C/C=C/C(O)C3CC3)CCC12. The number of hydrogen-bond acceptors (Lipinski definition) is 1. The van der Waals surface area contributed by atoms with E-state index in [1.807, 2.05) is 0 Å². The Balaban J connectivity index is 1.58. The Bertz CT molecular complexity index is 344. The maximum atomic E-state index is 9.91. The van der Waals surface area contributed by atoms with Crippen molar-refractivity contribution in [1.29, 1.82) is 0 Å². The standard InChI is InChI=1S/C18H30O/c1-13-5-4-12-18(2)15(10-11-16(13)18)6-3-7-17(19)14-8-9-14/h3,7,13-17,19H,4-6,8-12H2,1-2H3/b7-3+. The van der Waals surface area contributed by atoms with Crippen LogP contribution < -0.4 is 0 Å². The molecule has 5 unspecified atom stereocenters. The summed E-state index contributed by atoms with van der Waals surface area (Å²) in [4.78, 5) is 0. The van der Waals surface area contributed by atoms with Crippen molar-refractivity contribution in [3.05, 3.63) is 12.2 Å². The van der Waals surface area contributed by atoms with Crippen LogP contribution in [0.2, 0.25) is 0 Å². The van der Waals surface area contributed by atoms with Gasteiger partial charge in [-0.2, -0.15) is 0 Å². The molecule has 0 aromatic heterocycles. The zero-order valence-corrected chi connectivity index (χ0v) is 12.6. The number of rotatable bonds is 4. The molecule has 1 N–H and O–H groups in total. The van der Waals surface area contributed by atoms with Crippen molar-refractivity contribution in [3.8, 4) is 0 Å². The molecule has 0 aromatic rings. The fourth-order valence-electron chi connectivity index (χ4n) is 5.04. The molecule has 0 saturated heterocycles. The predicted molar refractivity (Wildman–Crippen MR) is 79.8 cm³/mol. The van der Waals surface area contributed by atoms with Crippen molar-refractivity contribution in [3.63, 3.8) is 0 Å². The summed E-state index contributed by atoms with van der Waals surface area (Å²) in [6, 6.07) is 0. The third-order valence-corrected chi connectivity index (χ3v) is 6.53. The average molecular weight is 262 g/mol. The summed E-state index contributed by atoms with van der Waals surface area (Å²) < 4.78 is 0. The van der Waals surface area contributed by atoms with Crippen LogP contribution in [0.5, 0.6) is 0 Å². The van der Waals surface area contributed by atoms with Crippen molar-refractivity contribution in [2.75, 3.05) is 0 Å². The lowest BCUT2D eigenvalue weighted by atomic mass is 9.61. The van der Waals surface area contributed by atoms with E-state index in [0.717, 1.165) is 17.8 Å². The molecule has 1 nitrogen and oxygen atoms in total. The van der Waals surface area contributed by atoms with E-state index in [9.17, 15) is 5.11 Å². The zero-order chi connectivity index (χ0) is 13.5. The Kier molecular flexibility index (Phi) is 3.77. The Hall–Kier alpha value is -0.300. The summed E-state index contributed by atoms with van der Waals surface area (Å²) in [6.45, 7) is 5.02. The molecule has 108 valence electrons. The van der Waals surface area contributed by atoms with Crippen molar-refractivity contribution in [1.82, 2.24) is 0 Å². The first-order valence-corrected chi connectivity index (χ1v) is 8.46. The Labute approximate surface area is 118 Å². The van der Waals surface area contributed by atoms with Crippen LogP contribution in [0.25, 0.3) is 0 Å². The van der Waals surface area contributed by atoms with Crippen molar-refractivity contribution < 1.29 is 5.11 Å². The van der Waals surface area contributed by atoms with Crippen LogP contribution >= 0.6 is 0 Å². The van der Waals surface area contributed by atoms with Gasteiger partial charge in [0.2, 0.25) is 0 Å². The predicted octanol–water partition coefficient (Wildman–Crippen LogP) is 4.56. The monoisotopic (exact) mass is 262 g/mol. The van der Waals surface area contributed by atoms with Crippen LogP contribution in [-0.2, 0) is 0 Å². The molecule has 3 fully saturated rings. The smallest absolute Gasteiger partial charge is 0.0749 e. The van der Waals surface area contributed by atoms with E-state index in [4.69, 9.17) is 0 Å². The summed E-state index contributed by atoms with van der Waals surface area (Å²) in [5.41, 5.74) is 0.590. The van der Waals surface area contributed by atoms with Gasteiger partial charge in [0.05, 0.1) is 6.10 Å². The average Bonchev–Trinajstić information content (AvgIpc) is 3.15. The van der Waals surface area contributed by atoms with Crippen LogP contribution in [0.3, 0.4) is 0 Å². The quantitative estimate of drug-likeness (QED) is 0.737. The molecule has 3 aliphatic rings. The van der Waals surface area contributed by atoms with E-state index in [1.54, 1.807) is 0 Å². The van der Waals surface area contributed by atoms with Crippen LogP contribution in [0.15, 0.2) is 12.2 Å². The molecular weight excluding hydrogens is 232 g/mol. The zero-order valence-electron chi connectivity index (χ0n) is 12.6. The molecule has 19 heavy (non-hydrogen) atoms. The van der Waals surface area contributed by atoms with Crippen LogP contribution in [0.1, 0.15) is 65.2 Å². The second-order valence-corrected chi connectivity index (χ2v) is 7.75. The molecule has 3 saturated carbocycles. The van der Waals surface area contributed by atoms with Crippen molar-refractivity contribution in [2.24, 2.45) is 29.1 Å². The molecule has 5 atom stereocenters. The maximum Gasteiger partial charge on any atom is 0.0749 e. The second-order valence-electron chi connectivity index (χ2n) is 7.75. The first kappa shape index (κ1) is 13.7. The minimum absolute atomic E-state index is 0.157. The van der Waals surface area contributed by atoms with E-state index in [-0.39, 0.29) is 6.10 Å². The lowest BCUT2D eigenvalue weighted by Crippen LogP contribution is -2.35. The van der Waals surface area contributed by atoms with Gasteiger partial charge in [0.1, 0.15) is 0 Å². The van der Waals surface area contributed by atoms with Gasteiger partial charge in [0.25, 0.3) is 0 Å². The largest absolute Gasteiger partial charge is 0.389 e. The van der Waals surface area contributed by atoms with Gasteiger partial charge < -0.3 is 5.11 Å². The normalized spacial score (nSPS) is 44.5. The molecule has 3 rings (SSSR count). The summed E-state index contributed by atoms with van der Waals surface area (Å²) in [6.07, 6.45) is 15.0. The van der Waals surface area contributed by atoms with Gasteiger partial charge in [-0.25, -0.2) is 0 Å². The number of aliphatic hydroxyl groups is 1. The van der Waals surface area contributed by atoms with E-state index < -0.39 is 0 Å². The Morgan fingerprint density at radius 3 is 2.74 bits per heavy atom. The van der Waals surface area contributed by atoms with Crippen LogP contribution in [0, 0.1) is 29.1 Å². The first-order valence-electron chi connectivity index (χ1n) is 8.46. The highest BCUT2D eigenvalue weighted by atomic mass is 16.3. The number of hydrogen-bond donors (Lipinski definition) is 1. The molecular formula is C18H30O. The van der Waals surface area contributed by atoms with Gasteiger partial charge in [-0.05, 0) is 67.6 Å². The Morgan fingerprint density at radius 1 is 1.21 bits per heavy atom. The third kappa shape index (κ3) is 2.63. The molecule has 1 heteroatoms. The number of aliphatic hydroxyl groups excluding tert-OH is 1. The molecule has 0 amide bonds. The summed E-state index contributed by atoms with van der Waals surface area (Å²) in [7, 11) is 0. The lowest BCUT2D eigenvalue weighted by Gasteiger charge is -2.44. The minimum Gasteiger partial charge on any atom is -0.389 e. The minimum atomic E-state index is -0.157. The Morgan fingerprint density at radius 2 is 2.00 bits per heavy atom. The molecule has 0 aliphatic heterocycles. The van der Waals surface area contributed by atoms with E-state index >= 15 is 0 Å². The van der Waals surface area contributed by atoms with E-state index in [0.29, 0.717) is 11.3 Å². The van der Waals surface area contributed by atoms with E-state index in [2.05, 4.69) is 26.0 Å². The first-order chi connectivity index (χ1) is 9.11. The topological polar surface area (TPSA) is 20.2 Å². The molecule has 0 heterocycles. The van der Waals surface area contributed by atoms with Gasteiger partial charge in [-0.15, -0.1) is 0 Å². The second kappa shape index (κ2) is 5.24. The summed E-state index contributed by atoms with van der Waals surface area (Å²) in [5.74, 6) is 3.35. The van der Waals surface area contributed by atoms with Gasteiger partial charge in [0, 0.05) is 0 Å². The van der Waals surface area contributed by atoms with Gasteiger partial charge >= 0.3 is 0 Å². The van der Waals surface area contributed by atoms with Gasteiger partial charge in [-0.1, -0.05) is 38.8 Å². The molecule has 3 aliphatic carbocycles. The van der Waals surface area contributed by atoms with Gasteiger partial charge in [-0.3, -0.25) is 0 Å². The fraction of sp³-hybridized carbons (Fsp3) is 0.889. The van der Waals surface area contributed by atoms with Gasteiger partial charge in [0.15, 0.2) is 0 Å². The summed E-state index contributed by atoms with van der Waals surface area (Å²) >= 11 is 0. The highest BCUT2D eigenvalue weighted by molar-refractivity contribution is 5.03. The summed E-state index contributed by atoms with van der Waals surface area (Å²) in [5, 5.41) is 9.91. The highest BCUT2D eigenvalue weighted by Gasteiger charge is 2.49. The van der Waals surface area contributed by atoms with E-state index in [1.165, 1.54) is 51.4 Å². The molecule has 0 radical (unpaired) electrons. The van der Waals surface area contributed by atoms with Crippen LogP contribution in [-0.4, -0.2) is 11.2 Å². The van der Waals surface area contributed by atoms with Crippen LogP contribution in [0.4, 0.5) is 0 Å². The lowest BCUT2D eigenvalue weighted by molar-refractivity contribution is 0.0599. The fourth-order valence-corrected chi connectivity index (χ4v) is 5.04. The van der Waals surface area contributed by atoms with Crippen molar-refractivity contribution >= 4 is 0 Å². The maximum absolute atomic E-state index is 9.91. The van der Waals surface area contributed by atoms with Crippen molar-refractivity contribution in [2.45, 2.75) is 71.3 Å².